The molecule has 0 aliphatic carbocycles. The monoisotopic (exact) mass is 227 g/mol. The summed E-state index contributed by atoms with van der Waals surface area (Å²) in [5.74, 6) is 2.78. The fourth-order valence-corrected chi connectivity index (χ4v) is 1.35. The molecule has 0 spiro atoms. The molecule has 1 atom stereocenters. The lowest BCUT2D eigenvalue weighted by atomic mass is 9.98. The zero-order valence-electron chi connectivity index (χ0n) is 9.71. The zero-order valence-corrected chi connectivity index (χ0v) is 10.5. The van der Waals surface area contributed by atoms with Crippen molar-refractivity contribution in [3.63, 3.8) is 0 Å². The fraction of sp³-hybridized carbons (Fsp3) is 0.636. The van der Waals surface area contributed by atoms with Crippen LogP contribution in [0.4, 0.5) is 5.82 Å². The van der Waals surface area contributed by atoms with Crippen LogP contribution in [0.5, 0.6) is 0 Å². The summed E-state index contributed by atoms with van der Waals surface area (Å²) in [7, 11) is 0. The van der Waals surface area contributed by atoms with Crippen molar-refractivity contribution in [3.8, 4) is 0 Å². The molecule has 0 amide bonds. The SMILES string of the molecule is Cc1nc(Cl)cc(NCC(C)C(C)C)n1. The third kappa shape index (κ3) is 4.04. The lowest BCUT2D eigenvalue weighted by Crippen LogP contribution is -2.17. The van der Waals surface area contributed by atoms with E-state index in [9.17, 15) is 0 Å². The molecule has 0 radical (unpaired) electrons. The Kier molecular flexibility index (Phi) is 4.33. The molecular weight excluding hydrogens is 210 g/mol. The normalized spacial score (nSPS) is 12.9. The molecule has 1 aromatic rings. The lowest BCUT2D eigenvalue weighted by molar-refractivity contribution is 0.439. The Morgan fingerprint density at radius 3 is 2.53 bits per heavy atom. The van der Waals surface area contributed by atoms with Crippen LogP contribution < -0.4 is 5.32 Å². The van der Waals surface area contributed by atoms with Crippen molar-refractivity contribution in [1.29, 1.82) is 0 Å². The first-order valence-corrected chi connectivity index (χ1v) is 5.62. The Hall–Kier alpha value is -0.830. The lowest BCUT2D eigenvalue weighted by Gasteiger charge is -2.16. The van der Waals surface area contributed by atoms with Gasteiger partial charge in [0.15, 0.2) is 0 Å². The molecule has 1 unspecified atom stereocenters. The van der Waals surface area contributed by atoms with Gasteiger partial charge in [0.2, 0.25) is 0 Å². The van der Waals surface area contributed by atoms with Crippen LogP contribution in [-0.2, 0) is 0 Å². The molecule has 1 N–H and O–H groups in total. The van der Waals surface area contributed by atoms with Crippen LogP contribution in [-0.4, -0.2) is 16.5 Å². The van der Waals surface area contributed by atoms with Gasteiger partial charge in [-0.1, -0.05) is 32.4 Å². The van der Waals surface area contributed by atoms with Gasteiger partial charge in [0, 0.05) is 12.6 Å². The van der Waals surface area contributed by atoms with Crippen LogP contribution in [0.1, 0.15) is 26.6 Å². The predicted molar refractivity (Wildman–Crippen MR) is 64.3 cm³/mol. The molecule has 1 rings (SSSR count). The van der Waals surface area contributed by atoms with E-state index in [1.807, 2.05) is 6.92 Å². The van der Waals surface area contributed by atoms with Gasteiger partial charge in [-0.05, 0) is 18.8 Å². The maximum absolute atomic E-state index is 5.84. The molecule has 0 aliphatic rings. The van der Waals surface area contributed by atoms with E-state index in [0.717, 1.165) is 12.4 Å². The Morgan fingerprint density at radius 2 is 2.00 bits per heavy atom. The van der Waals surface area contributed by atoms with E-state index in [-0.39, 0.29) is 0 Å². The Morgan fingerprint density at radius 1 is 1.33 bits per heavy atom. The molecule has 84 valence electrons. The molecule has 1 heterocycles. The highest BCUT2D eigenvalue weighted by Crippen LogP contribution is 2.14. The molecule has 0 bridgehead atoms. The predicted octanol–water partition coefficient (Wildman–Crippen LogP) is 3.14. The topological polar surface area (TPSA) is 37.8 Å². The van der Waals surface area contributed by atoms with Crippen molar-refractivity contribution in [2.45, 2.75) is 27.7 Å². The molecule has 1 aromatic heterocycles. The third-order valence-electron chi connectivity index (χ3n) is 2.55. The number of aryl methyl sites for hydroxylation is 1. The molecule has 15 heavy (non-hydrogen) atoms. The summed E-state index contributed by atoms with van der Waals surface area (Å²) in [4.78, 5) is 8.27. The summed E-state index contributed by atoms with van der Waals surface area (Å²) in [6.07, 6.45) is 0. The number of hydrogen-bond acceptors (Lipinski definition) is 3. The van der Waals surface area contributed by atoms with Crippen LogP contribution in [0, 0.1) is 18.8 Å². The number of nitrogens with zero attached hydrogens (tertiary/aromatic N) is 2. The van der Waals surface area contributed by atoms with Crippen molar-refractivity contribution in [1.82, 2.24) is 9.97 Å². The molecule has 3 nitrogen and oxygen atoms in total. The van der Waals surface area contributed by atoms with Gasteiger partial charge in [0.1, 0.15) is 16.8 Å². The van der Waals surface area contributed by atoms with Crippen LogP contribution in [0.15, 0.2) is 6.07 Å². The van der Waals surface area contributed by atoms with E-state index >= 15 is 0 Å². The van der Waals surface area contributed by atoms with Crippen molar-refractivity contribution >= 4 is 17.4 Å². The second kappa shape index (κ2) is 5.31. The molecule has 0 saturated carbocycles. The van der Waals surface area contributed by atoms with Crippen LogP contribution in [0.2, 0.25) is 5.15 Å². The molecule has 0 saturated heterocycles. The van der Waals surface area contributed by atoms with Crippen molar-refractivity contribution < 1.29 is 0 Å². The number of rotatable bonds is 4. The number of hydrogen-bond donors (Lipinski definition) is 1. The highest BCUT2D eigenvalue weighted by molar-refractivity contribution is 6.29. The quantitative estimate of drug-likeness (QED) is 0.804. The number of nitrogens with one attached hydrogen (secondary N) is 1. The summed E-state index contributed by atoms with van der Waals surface area (Å²) in [6.45, 7) is 9.38. The van der Waals surface area contributed by atoms with Crippen molar-refractivity contribution in [2.24, 2.45) is 11.8 Å². The van der Waals surface area contributed by atoms with Gasteiger partial charge >= 0.3 is 0 Å². The van der Waals surface area contributed by atoms with E-state index < -0.39 is 0 Å². The minimum atomic E-state index is 0.488. The molecular formula is C11H18ClN3. The molecule has 0 fully saturated rings. The standard InChI is InChI=1S/C11H18ClN3/c1-7(2)8(3)6-13-11-5-10(12)14-9(4)15-11/h5,7-8H,6H2,1-4H3,(H,13,14,15). The number of anilines is 1. The van der Waals surface area contributed by atoms with E-state index in [4.69, 9.17) is 11.6 Å². The highest BCUT2D eigenvalue weighted by Gasteiger charge is 2.07. The minimum Gasteiger partial charge on any atom is -0.370 e. The first-order chi connectivity index (χ1) is 6.99. The second-order valence-electron chi connectivity index (χ2n) is 4.23. The minimum absolute atomic E-state index is 0.488. The molecule has 0 aromatic carbocycles. The maximum atomic E-state index is 5.84. The number of halogens is 1. The summed E-state index contributed by atoms with van der Waals surface area (Å²) < 4.78 is 0. The Labute approximate surface area is 96.3 Å². The van der Waals surface area contributed by atoms with E-state index in [1.165, 1.54) is 0 Å². The second-order valence-corrected chi connectivity index (χ2v) is 4.61. The van der Waals surface area contributed by atoms with Crippen molar-refractivity contribution in [2.75, 3.05) is 11.9 Å². The van der Waals surface area contributed by atoms with E-state index in [1.54, 1.807) is 6.07 Å². The van der Waals surface area contributed by atoms with Gasteiger partial charge in [0.25, 0.3) is 0 Å². The fourth-order valence-electron chi connectivity index (χ4n) is 1.12. The summed E-state index contributed by atoms with van der Waals surface area (Å²) in [5, 5.41) is 3.76. The summed E-state index contributed by atoms with van der Waals surface area (Å²) in [6, 6.07) is 1.75. The van der Waals surface area contributed by atoms with E-state index in [2.05, 4.69) is 36.1 Å². The Bertz CT molecular complexity index is 305. The summed E-state index contributed by atoms with van der Waals surface area (Å²) in [5.41, 5.74) is 0. The van der Waals surface area contributed by atoms with Crippen molar-refractivity contribution in [3.05, 3.63) is 17.0 Å². The van der Waals surface area contributed by atoms with Crippen LogP contribution in [0.25, 0.3) is 0 Å². The van der Waals surface area contributed by atoms with Gasteiger partial charge in [-0.3, -0.25) is 0 Å². The van der Waals surface area contributed by atoms with E-state index in [0.29, 0.717) is 22.8 Å². The average Bonchev–Trinajstić information content (AvgIpc) is 2.12. The number of aromatic nitrogens is 2. The molecule has 4 heteroatoms. The van der Waals surface area contributed by atoms with Crippen LogP contribution >= 0.6 is 11.6 Å². The highest BCUT2D eigenvalue weighted by atomic mass is 35.5. The van der Waals surface area contributed by atoms with Gasteiger partial charge in [-0.15, -0.1) is 0 Å². The first kappa shape index (κ1) is 12.2. The first-order valence-electron chi connectivity index (χ1n) is 5.24. The van der Waals surface area contributed by atoms with Gasteiger partial charge in [-0.25, -0.2) is 9.97 Å². The molecule has 0 aliphatic heterocycles. The zero-order chi connectivity index (χ0) is 11.4. The smallest absolute Gasteiger partial charge is 0.134 e. The average molecular weight is 228 g/mol. The van der Waals surface area contributed by atoms with Gasteiger partial charge in [0.05, 0.1) is 0 Å². The van der Waals surface area contributed by atoms with Gasteiger partial charge < -0.3 is 5.32 Å². The van der Waals surface area contributed by atoms with Crippen LogP contribution in [0.3, 0.4) is 0 Å². The summed E-state index contributed by atoms with van der Waals surface area (Å²) >= 11 is 5.84. The Balaban J connectivity index is 2.57. The third-order valence-corrected chi connectivity index (χ3v) is 2.74. The maximum Gasteiger partial charge on any atom is 0.134 e. The van der Waals surface area contributed by atoms with Gasteiger partial charge in [-0.2, -0.15) is 0 Å². The largest absolute Gasteiger partial charge is 0.370 e.